The third-order valence-electron chi connectivity index (χ3n) is 2.40. The van der Waals surface area contributed by atoms with Gasteiger partial charge in [0.1, 0.15) is 0 Å². The first-order chi connectivity index (χ1) is 9.16. The highest BCUT2D eigenvalue weighted by Gasteiger charge is 2.14. The van der Waals surface area contributed by atoms with Crippen LogP contribution in [0.2, 0.25) is 0 Å². The van der Waals surface area contributed by atoms with E-state index in [-0.39, 0.29) is 11.1 Å². The lowest BCUT2D eigenvalue weighted by Crippen LogP contribution is -2.28. The average Bonchev–Trinajstić information content (AvgIpc) is 2.42. The van der Waals surface area contributed by atoms with E-state index in [1.165, 1.54) is 12.1 Å². The van der Waals surface area contributed by atoms with Gasteiger partial charge in [-0.1, -0.05) is 18.2 Å². The second kappa shape index (κ2) is 8.05. The molecule has 102 valence electrons. The van der Waals surface area contributed by atoms with E-state index in [0.717, 1.165) is 6.42 Å². The van der Waals surface area contributed by atoms with Crippen molar-refractivity contribution in [3.63, 3.8) is 0 Å². The molecule has 0 aliphatic rings. The van der Waals surface area contributed by atoms with Gasteiger partial charge in [0.15, 0.2) is 0 Å². The summed E-state index contributed by atoms with van der Waals surface area (Å²) in [6.07, 6.45) is 2.51. The highest BCUT2D eigenvalue weighted by atomic mass is 16.5. The fourth-order valence-corrected chi connectivity index (χ4v) is 1.47. The zero-order valence-corrected chi connectivity index (χ0v) is 10.6. The van der Waals surface area contributed by atoms with Gasteiger partial charge in [-0.25, -0.2) is 4.79 Å². The summed E-state index contributed by atoms with van der Waals surface area (Å²) in [6.45, 7) is 4.85. The first-order valence-electron chi connectivity index (χ1n) is 5.96. The van der Waals surface area contributed by atoms with E-state index in [1.54, 1.807) is 18.2 Å². The molecule has 2 N–H and O–H groups in total. The minimum atomic E-state index is -1.12. The fourth-order valence-electron chi connectivity index (χ4n) is 1.47. The number of ether oxygens (including phenoxy) is 1. The normalized spacial score (nSPS) is 9.89. The lowest BCUT2D eigenvalue weighted by molar-refractivity contribution is 0.0690. The molecule has 19 heavy (non-hydrogen) atoms. The van der Waals surface area contributed by atoms with E-state index in [4.69, 9.17) is 9.84 Å². The smallest absolute Gasteiger partial charge is 0.336 e. The topological polar surface area (TPSA) is 75.6 Å². The van der Waals surface area contributed by atoms with Gasteiger partial charge in [0.2, 0.25) is 0 Å². The zero-order chi connectivity index (χ0) is 14.1. The Morgan fingerprint density at radius 1 is 1.26 bits per heavy atom. The molecule has 1 aromatic carbocycles. The summed E-state index contributed by atoms with van der Waals surface area (Å²) in [5.74, 6) is -1.53. The average molecular weight is 263 g/mol. The monoisotopic (exact) mass is 263 g/mol. The predicted octanol–water partition coefficient (Wildman–Crippen LogP) is 1.71. The Balaban J connectivity index is 2.45. The minimum Gasteiger partial charge on any atom is -0.478 e. The van der Waals surface area contributed by atoms with E-state index < -0.39 is 11.9 Å². The molecule has 0 aliphatic heterocycles. The Morgan fingerprint density at radius 3 is 2.58 bits per heavy atom. The molecule has 0 saturated heterocycles. The summed E-state index contributed by atoms with van der Waals surface area (Å²) in [7, 11) is 0. The van der Waals surface area contributed by atoms with Gasteiger partial charge in [0.25, 0.3) is 5.91 Å². The standard InChI is InChI=1S/C14H17NO4/c1-2-3-9-19-10-8-15-13(16)11-6-4-5-7-12(11)14(17)18/h2,4-7H,1,3,8-10H2,(H,15,16)(H,17,18). The molecule has 0 bridgehead atoms. The van der Waals surface area contributed by atoms with Crippen molar-refractivity contribution in [3.05, 3.63) is 48.0 Å². The molecule has 0 aromatic heterocycles. The predicted molar refractivity (Wildman–Crippen MR) is 71.4 cm³/mol. The van der Waals surface area contributed by atoms with Crippen LogP contribution in [0.3, 0.4) is 0 Å². The number of benzene rings is 1. The number of amides is 1. The summed E-state index contributed by atoms with van der Waals surface area (Å²) < 4.78 is 5.24. The maximum atomic E-state index is 11.8. The summed E-state index contributed by atoms with van der Waals surface area (Å²) in [6, 6.07) is 6.09. The van der Waals surface area contributed by atoms with Gasteiger partial charge in [0.05, 0.1) is 24.3 Å². The molecule has 1 amide bonds. The highest BCUT2D eigenvalue weighted by molar-refractivity contribution is 6.04. The number of rotatable bonds is 8. The van der Waals surface area contributed by atoms with Gasteiger partial charge >= 0.3 is 5.97 Å². The van der Waals surface area contributed by atoms with Crippen LogP contribution in [0.4, 0.5) is 0 Å². The SMILES string of the molecule is C=CCCOCCNC(=O)c1ccccc1C(=O)O. The van der Waals surface area contributed by atoms with Crippen molar-refractivity contribution in [1.82, 2.24) is 5.32 Å². The number of carboxylic acid groups (broad SMARTS) is 1. The lowest BCUT2D eigenvalue weighted by atomic mass is 10.1. The summed E-state index contributed by atoms with van der Waals surface area (Å²) in [5.41, 5.74) is 0.147. The summed E-state index contributed by atoms with van der Waals surface area (Å²) >= 11 is 0. The van der Waals surface area contributed by atoms with E-state index in [9.17, 15) is 9.59 Å². The van der Waals surface area contributed by atoms with Crippen molar-refractivity contribution in [2.24, 2.45) is 0 Å². The maximum absolute atomic E-state index is 11.8. The van der Waals surface area contributed by atoms with Crippen molar-refractivity contribution in [3.8, 4) is 0 Å². The van der Waals surface area contributed by atoms with Crippen molar-refractivity contribution < 1.29 is 19.4 Å². The number of carboxylic acids is 1. The number of carbonyl (C=O) groups is 2. The maximum Gasteiger partial charge on any atom is 0.336 e. The second-order valence-corrected chi connectivity index (χ2v) is 3.80. The van der Waals surface area contributed by atoms with E-state index in [0.29, 0.717) is 19.8 Å². The van der Waals surface area contributed by atoms with Crippen LogP contribution in [0.1, 0.15) is 27.1 Å². The largest absolute Gasteiger partial charge is 0.478 e. The van der Waals surface area contributed by atoms with E-state index in [1.807, 2.05) is 0 Å². The van der Waals surface area contributed by atoms with Gasteiger partial charge in [-0.2, -0.15) is 0 Å². The van der Waals surface area contributed by atoms with Crippen molar-refractivity contribution in [2.45, 2.75) is 6.42 Å². The molecule has 1 rings (SSSR count). The molecule has 0 atom stereocenters. The third-order valence-corrected chi connectivity index (χ3v) is 2.40. The Kier molecular flexibility index (Phi) is 6.32. The molecular weight excluding hydrogens is 246 g/mol. The first kappa shape index (κ1) is 14.9. The van der Waals surface area contributed by atoms with Crippen LogP contribution in [0, 0.1) is 0 Å². The van der Waals surface area contributed by atoms with Crippen LogP contribution >= 0.6 is 0 Å². The summed E-state index contributed by atoms with van der Waals surface area (Å²) in [5, 5.41) is 11.6. The van der Waals surface area contributed by atoms with Gasteiger partial charge in [-0.05, 0) is 18.6 Å². The molecule has 5 nitrogen and oxygen atoms in total. The Morgan fingerprint density at radius 2 is 1.95 bits per heavy atom. The molecule has 0 radical (unpaired) electrons. The van der Waals surface area contributed by atoms with Crippen molar-refractivity contribution >= 4 is 11.9 Å². The van der Waals surface area contributed by atoms with Gasteiger partial charge in [-0.15, -0.1) is 6.58 Å². The molecule has 1 aromatic rings. The number of nitrogens with one attached hydrogen (secondary N) is 1. The molecule has 0 saturated carbocycles. The molecule has 0 aliphatic carbocycles. The fraction of sp³-hybridized carbons (Fsp3) is 0.286. The van der Waals surface area contributed by atoms with E-state index >= 15 is 0 Å². The first-order valence-corrected chi connectivity index (χ1v) is 5.96. The van der Waals surface area contributed by atoms with Crippen LogP contribution in [0.25, 0.3) is 0 Å². The number of carbonyl (C=O) groups excluding carboxylic acids is 1. The van der Waals surface area contributed by atoms with Crippen molar-refractivity contribution in [1.29, 1.82) is 0 Å². The number of hydrogen-bond acceptors (Lipinski definition) is 3. The van der Waals surface area contributed by atoms with Crippen LogP contribution in [-0.4, -0.2) is 36.7 Å². The minimum absolute atomic E-state index is 0.00687. The number of hydrogen-bond donors (Lipinski definition) is 2. The molecular formula is C14H17NO4. The molecule has 0 fully saturated rings. The molecule has 0 unspecified atom stereocenters. The van der Waals surface area contributed by atoms with Crippen LogP contribution in [0.15, 0.2) is 36.9 Å². The van der Waals surface area contributed by atoms with Gasteiger partial charge in [0, 0.05) is 6.54 Å². The molecule has 5 heteroatoms. The second-order valence-electron chi connectivity index (χ2n) is 3.80. The van der Waals surface area contributed by atoms with Crippen LogP contribution in [0.5, 0.6) is 0 Å². The van der Waals surface area contributed by atoms with Gasteiger partial charge < -0.3 is 15.2 Å². The molecule has 0 heterocycles. The van der Waals surface area contributed by atoms with Gasteiger partial charge in [-0.3, -0.25) is 4.79 Å². The Hall–Kier alpha value is -2.14. The molecule has 0 spiro atoms. The van der Waals surface area contributed by atoms with E-state index in [2.05, 4.69) is 11.9 Å². The van der Waals surface area contributed by atoms with Crippen LogP contribution in [-0.2, 0) is 4.74 Å². The Labute approximate surface area is 111 Å². The third kappa shape index (κ3) is 4.93. The number of aromatic carboxylic acids is 1. The lowest BCUT2D eigenvalue weighted by Gasteiger charge is -2.07. The Bertz CT molecular complexity index is 457. The van der Waals surface area contributed by atoms with Crippen molar-refractivity contribution in [2.75, 3.05) is 19.8 Å². The zero-order valence-electron chi connectivity index (χ0n) is 10.6. The highest BCUT2D eigenvalue weighted by Crippen LogP contribution is 2.08. The van der Waals surface area contributed by atoms with Crippen LogP contribution < -0.4 is 5.32 Å². The summed E-state index contributed by atoms with van der Waals surface area (Å²) in [4.78, 5) is 22.8. The quantitative estimate of drug-likeness (QED) is 0.553.